The minimum atomic E-state index is -0.791. The van der Waals surface area contributed by atoms with Gasteiger partial charge in [-0.15, -0.1) is 0 Å². The first-order valence-electron chi connectivity index (χ1n) is 12.0. The minimum Gasteiger partial charge on any atom is -0.497 e. The van der Waals surface area contributed by atoms with Gasteiger partial charge in [-0.3, -0.25) is 14.4 Å². The Hall–Kier alpha value is -3.74. The van der Waals surface area contributed by atoms with Crippen LogP contribution in [-0.4, -0.2) is 35.2 Å². The van der Waals surface area contributed by atoms with E-state index in [0.717, 1.165) is 11.1 Å². The number of nitrogens with one attached hydrogen (secondary N) is 1. The van der Waals surface area contributed by atoms with E-state index >= 15 is 0 Å². The standard InChI is InChI=1S/C29H31FN2O4/c1-29(2,3)23-9-5-18(13-24(23)30)14-25(33)28-22-8-7-21(36-4)16-20(22)11-12-32(28)27(35)15-19-6-10-26(34)31-17-19/h5-10,13,16-17,28H,11-12,14-15H2,1-4H3,(H,31,34)/t28-/m1/s1. The number of amides is 1. The number of methoxy groups -OCH3 is 1. The molecule has 0 saturated carbocycles. The van der Waals surface area contributed by atoms with Crippen LogP contribution < -0.4 is 10.3 Å². The molecule has 0 spiro atoms. The van der Waals surface area contributed by atoms with Gasteiger partial charge in [0.1, 0.15) is 17.6 Å². The summed E-state index contributed by atoms with van der Waals surface area (Å²) < 4.78 is 20.2. The third-order valence-electron chi connectivity index (χ3n) is 6.63. The molecule has 0 fully saturated rings. The van der Waals surface area contributed by atoms with Crippen molar-refractivity contribution in [1.29, 1.82) is 0 Å². The van der Waals surface area contributed by atoms with Gasteiger partial charge in [0.25, 0.3) is 0 Å². The highest BCUT2D eigenvalue weighted by Crippen LogP contribution is 2.34. The third kappa shape index (κ3) is 5.40. The Morgan fingerprint density at radius 1 is 1.06 bits per heavy atom. The van der Waals surface area contributed by atoms with Crippen LogP contribution in [-0.2, 0) is 34.3 Å². The molecule has 1 atom stereocenters. The molecule has 1 aliphatic heterocycles. The van der Waals surface area contributed by atoms with Crippen LogP contribution in [0.25, 0.3) is 0 Å². The van der Waals surface area contributed by atoms with Crippen LogP contribution in [0.4, 0.5) is 4.39 Å². The number of hydrogen-bond donors (Lipinski definition) is 1. The summed E-state index contributed by atoms with van der Waals surface area (Å²) in [7, 11) is 1.59. The van der Waals surface area contributed by atoms with Crippen molar-refractivity contribution in [2.75, 3.05) is 13.7 Å². The van der Waals surface area contributed by atoms with E-state index in [4.69, 9.17) is 4.74 Å². The summed E-state index contributed by atoms with van der Waals surface area (Å²) in [6.45, 7) is 6.19. The lowest BCUT2D eigenvalue weighted by molar-refractivity contribution is -0.139. The maximum Gasteiger partial charge on any atom is 0.247 e. The number of hydrogen-bond acceptors (Lipinski definition) is 4. The van der Waals surface area contributed by atoms with Crippen molar-refractivity contribution in [3.63, 3.8) is 0 Å². The average molecular weight is 491 g/mol. The Balaban J connectivity index is 1.65. The lowest BCUT2D eigenvalue weighted by atomic mass is 9.84. The van der Waals surface area contributed by atoms with Crippen molar-refractivity contribution in [2.24, 2.45) is 0 Å². The largest absolute Gasteiger partial charge is 0.497 e. The fraction of sp³-hybridized carbons (Fsp3) is 0.345. The molecule has 1 amide bonds. The molecule has 36 heavy (non-hydrogen) atoms. The fourth-order valence-corrected chi connectivity index (χ4v) is 4.75. The van der Waals surface area contributed by atoms with E-state index < -0.39 is 6.04 Å². The molecule has 0 aliphatic carbocycles. The summed E-state index contributed by atoms with van der Waals surface area (Å²) in [6.07, 6.45) is 2.16. The predicted octanol–water partition coefficient (Wildman–Crippen LogP) is 4.30. The minimum absolute atomic E-state index is 0.0000840. The van der Waals surface area contributed by atoms with E-state index in [1.807, 2.05) is 32.9 Å². The highest BCUT2D eigenvalue weighted by atomic mass is 19.1. The van der Waals surface area contributed by atoms with Gasteiger partial charge in [0.05, 0.1) is 13.5 Å². The van der Waals surface area contributed by atoms with Crippen molar-refractivity contribution < 1.29 is 18.7 Å². The molecule has 0 radical (unpaired) electrons. The zero-order chi connectivity index (χ0) is 26.0. The molecule has 2 aromatic carbocycles. The molecule has 0 bridgehead atoms. The molecule has 1 aromatic heterocycles. The molecule has 0 unspecified atom stereocenters. The molecule has 188 valence electrons. The smallest absolute Gasteiger partial charge is 0.247 e. The maximum atomic E-state index is 14.8. The Bertz CT molecular complexity index is 1340. The number of rotatable bonds is 6. The number of aromatic nitrogens is 1. The molecule has 1 aliphatic rings. The number of ketones is 1. The Labute approximate surface area is 210 Å². The molecule has 2 heterocycles. The van der Waals surface area contributed by atoms with E-state index in [9.17, 15) is 18.8 Å². The van der Waals surface area contributed by atoms with Crippen molar-refractivity contribution in [3.05, 3.63) is 98.7 Å². The topological polar surface area (TPSA) is 79.5 Å². The summed E-state index contributed by atoms with van der Waals surface area (Å²) in [5.74, 6) is -0.0460. The van der Waals surface area contributed by atoms with Gasteiger partial charge in [-0.25, -0.2) is 4.39 Å². The maximum absolute atomic E-state index is 14.8. The second-order valence-electron chi connectivity index (χ2n) is 10.2. The third-order valence-corrected chi connectivity index (χ3v) is 6.63. The van der Waals surface area contributed by atoms with Crippen LogP contribution in [0.15, 0.2) is 59.5 Å². The number of fused-ring (bicyclic) bond motifs is 1. The molecule has 6 nitrogen and oxygen atoms in total. The van der Waals surface area contributed by atoms with Crippen molar-refractivity contribution >= 4 is 11.7 Å². The Morgan fingerprint density at radius 2 is 1.81 bits per heavy atom. The van der Waals surface area contributed by atoms with Gasteiger partial charge >= 0.3 is 0 Å². The second kappa shape index (κ2) is 10.1. The van der Waals surface area contributed by atoms with E-state index in [2.05, 4.69) is 4.98 Å². The van der Waals surface area contributed by atoms with Gasteiger partial charge in [0.15, 0.2) is 5.78 Å². The molecule has 0 saturated heterocycles. The molecule has 1 N–H and O–H groups in total. The zero-order valence-electron chi connectivity index (χ0n) is 21.1. The first-order chi connectivity index (χ1) is 17.1. The van der Waals surface area contributed by atoms with Crippen LogP contribution in [0.3, 0.4) is 0 Å². The number of Topliss-reactive ketones (excluding diaryl/α,β-unsaturated/α-hetero) is 1. The number of H-pyrrole nitrogens is 1. The molecular formula is C29H31FN2O4. The number of benzene rings is 2. The van der Waals surface area contributed by atoms with Gasteiger partial charge in [-0.05, 0) is 57.9 Å². The highest BCUT2D eigenvalue weighted by molar-refractivity contribution is 5.92. The highest BCUT2D eigenvalue weighted by Gasteiger charge is 2.36. The molecular weight excluding hydrogens is 459 g/mol. The lowest BCUT2D eigenvalue weighted by Crippen LogP contribution is -2.44. The van der Waals surface area contributed by atoms with E-state index in [-0.39, 0.29) is 41.3 Å². The first kappa shape index (κ1) is 25.4. The summed E-state index contributed by atoms with van der Waals surface area (Å²) in [5, 5.41) is 0. The van der Waals surface area contributed by atoms with E-state index in [1.54, 1.807) is 36.3 Å². The number of carbonyl (C=O) groups excluding carboxylic acids is 2. The normalized spacial score (nSPS) is 15.4. The van der Waals surface area contributed by atoms with E-state index in [1.165, 1.54) is 18.3 Å². The van der Waals surface area contributed by atoms with Gasteiger partial charge in [-0.2, -0.15) is 0 Å². The Morgan fingerprint density at radius 3 is 2.44 bits per heavy atom. The summed E-state index contributed by atoms with van der Waals surface area (Å²) in [5.41, 5.74) is 2.93. The van der Waals surface area contributed by atoms with Crippen LogP contribution in [0, 0.1) is 5.82 Å². The zero-order valence-corrected chi connectivity index (χ0v) is 21.1. The summed E-state index contributed by atoms with van der Waals surface area (Å²) in [4.78, 5) is 42.6. The summed E-state index contributed by atoms with van der Waals surface area (Å²) >= 11 is 0. The van der Waals surface area contributed by atoms with Gasteiger partial charge < -0.3 is 14.6 Å². The predicted molar refractivity (Wildman–Crippen MR) is 136 cm³/mol. The fourth-order valence-electron chi connectivity index (χ4n) is 4.75. The molecule has 4 rings (SSSR count). The average Bonchev–Trinajstić information content (AvgIpc) is 2.83. The van der Waals surface area contributed by atoms with Gasteiger partial charge in [0, 0.05) is 25.2 Å². The van der Waals surface area contributed by atoms with Crippen molar-refractivity contribution in [1.82, 2.24) is 9.88 Å². The first-order valence-corrected chi connectivity index (χ1v) is 12.0. The number of ether oxygens (including phenoxy) is 1. The van der Waals surface area contributed by atoms with Crippen LogP contribution in [0.2, 0.25) is 0 Å². The Kier molecular flexibility index (Phi) is 7.11. The van der Waals surface area contributed by atoms with Crippen molar-refractivity contribution in [2.45, 2.75) is 51.5 Å². The SMILES string of the molecule is COc1ccc2c(c1)CCN(C(=O)Cc1ccc(=O)[nH]c1)[C@H]2C(=O)Cc1ccc(C(C)(C)C)c(F)c1. The molecule has 3 aromatic rings. The van der Waals surface area contributed by atoms with E-state index in [0.29, 0.717) is 35.4 Å². The number of carbonyl (C=O) groups is 2. The lowest BCUT2D eigenvalue weighted by Gasteiger charge is -2.37. The van der Waals surface area contributed by atoms with Crippen LogP contribution >= 0.6 is 0 Å². The number of halogens is 1. The quantitative estimate of drug-likeness (QED) is 0.559. The monoisotopic (exact) mass is 490 g/mol. The number of aromatic amines is 1. The second-order valence-corrected chi connectivity index (χ2v) is 10.2. The number of nitrogens with zero attached hydrogens (tertiary/aromatic N) is 1. The number of pyridine rings is 1. The van der Waals surface area contributed by atoms with Crippen molar-refractivity contribution in [3.8, 4) is 5.75 Å². The van der Waals surface area contributed by atoms with Crippen LogP contribution in [0.1, 0.15) is 54.6 Å². The summed E-state index contributed by atoms with van der Waals surface area (Å²) in [6, 6.07) is 12.6. The van der Waals surface area contributed by atoms with Crippen LogP contribution in [0.5, 0.6) is 5.75 Å². The van der Waals surface area contributed by atoms with Gasteiger partial charge in [-0.1, -0.05) is 45.0 Å². The molecule has 7 heteroatoms. The van der Waals surface area contributed by atoms with Gasteiger partial charge in [0.2, 0.25) is 11.5 Å².